The van der Waals surface area contributed by atoms with Crippen molar-refractivity contribution in [3.63, 3.8) is 0 Å². The van der Waals surface area contributed by atoms with Crippen LogP contribution >= 0.6 is 0 Å². The first kappa shape index (κ1) is 14.0. The predicted molar refractivity (Wildman–Crippen MR) is 78.7 cm³/mol. The van der Waals surface area contributed by atoms with E-state index >= 15 is 0 Å². The Morgan fingerprint density at radius 3 is 2.81 bits per heavy atom. The largest absolute Gasteiger partial charge is 0.482 e. The van der Waals surface area contributed by atoms with Crippen molar-refractivity contribution < 1.29 is 14.2 Å². The van der Waals surface area contributed by atoms with Crippen molar-refractivity contribution in [2.45, 2.75) is 25.0 Å². The molecule has 0 aliphatic heterocycles. The standard InChI is InChI=1S/C17H18FNO2/c1-11-14(18)7-4-8-15(11)21-16-13-6-3-2-5-12(13)9-17(16,20)10-19/h2-8,16,20H,9-10,19H2,1H3/t16-,17+/m1/s1. The topological polar surface area (TPSA) is 55.5 Å². The molecule has 0 saturated heterocycles. The van der Waals surface area contributed by atoms with Crippen LogP contribution in [0.15, 0.2) is 42.5 Å². The third-order valence-corrected chi connectivity index (χ3v) is 4.14. The fourth-order valence-electron chi connectivity index (χ4n) is 2.86. The van der Waals surface area contributed by atoms with Crippen LogP contribution in [0.3, 0.4) is 0 Å². The maximum atomic E-state index is 13.7. The lowest BCUT2D eigenvalue weighted by Gasteiger charge is -2.30. The summed E-state index contributed by atoms with van der Waals surface area (Å²) in [7, 11) is 0. The number of aliphatic hydroxyl groups is 1. The van der Waals surface area contributed by atoms with Gasteiger partial charge in [0.15, 0.2) is 6.10 Å². The number of hydrogen-bond acceptors (Lipinski definition) is 3. The SMILES string of the molecule is Cc1c(F)cccc1O[C@@H]1c2ccccc2C[C@]1(O)CN. The lowest BCUT2D eigenvalue weighted by Crippen LogP contribution is -2.44. The minimum absolute atomic E-state index is 0.0840. The molecule has 2 atom stereocenters. The van der Waals surface area contributed by atoms with Crippen molar-refractivity contribution in [3.8, 4) is 5.75 Å². The second-order valence-corrected chi connectivity index (χ2v) is 5.54. The summed E-state index contributed by atoms with van der Waals surface area (Å²) >= 11 is 0. The summed E-state index contributed by atoms with van der Waals surface area (Å²) in [5.74, 6) is 0.110. The fourth-order valence-corrected chi connectivity index (χ4v) is 2.86. The Bertz CT molecular complexity index is 674. The van der Waals surface area contributed by atoms with Gasteiger partial charge in [-0.25, -0.2) is 4.39 Å². The van der Waals surface area contributed by atoms with E-state index in [9.17, 15) is 9.50 Å². The van der Waals surface area contributed by atoms with Crippen LogP contribution in [-0.2, 0) is 6.42 Å². The molecule has 0 radical (unpaired) electrons. The first-order valence-electron chi connectivity index (χ1n) is 6.97. The zero-order chi connectivity index (χ0) is 15.0. The maximum Gasteiger partial charge on any atom is 0.154 e. The quantitative estimate of drug-likeness (QED) is 0.912. The molecule has 110 valence electrons. The van der Waals surface area contributed by atoms with E-state index in [1.54, 1.807) is 19.1 Å². The molecule has 1 aliphatic rings. The molecule has 2 aromatic rings. The van der Waals surface area contributed by atoms with Gasteiger partial charge in [0.25, 0.3) is 0 Å². The van der Waals surface area contributed by atoms with Gasteiger partial charge >= 0.3 is 0 Å². The molecule has 0 saturated carbocycles. The molecule has 0 bridgehead atoms. The van der Waals surface area contributed by atoms with Crippen molar-refractivity contribution in [2.75, 3.05) is 6.54 Å². The molecule has 0 amide bonds. The van der Waals surface area contributed by atoms with Gasteiger partial charge in [-0.3, -0.25) is 0 Å². The van der Waals surface area contributed by atoms with Gasteiger partial charge in [0.2, 0.25) is 0 Å². The van der Waals surface area contributed by atoms with Crippen LogP contribution in [0.25, 0.3) is 0 Å². The minimum Gasteiger partial charge on any atom is -0.482 e. The Morgan fingerprint density at radius 1 is 1.29 bits per heavy atom. The zero-order valence-corrected chi connectivity index (χ0v) is 11.8. The second-order valence-electron chi connectivity index (χ2n) is 5.54. The van der Waals surface area contributed by atoms with Gasteiger partial charge in [0, 0.05) is 18.5 Å². The Morgan fingerprint density at radius 2 is 2.05 bits per heavy atom. The molecule has 1 aliphatic carbocycles. The van der Waals surface area contributed by atoms with Crippen molar-refractivity contribution in [1.82, 2.24) is 0 Å². The van der Waals surface area contributed by atoms with E-state index in [-0.39, 0.29) is 12.4 Å². The number of rotatable bonds is 3. The highest BCUT2D eigenvalue weighted by atomic mass is 19.1. The normalized spacial score (nSPS) is 23.9. The number of halogens is 1. The van der Waals surface area contributed by atoms with Crippen LogP contribution < -0.4 is 10.5 Å². The van der Waals surface area contributed by atoms with Gasteiger partial charge in [-0.15, -0.1) is 0 Å². The molecule has 0 unspecified atom stereocenters. The zero-order valence-electron chi connectivity index (χ0n) is 11.8. The molecule has 3 rings (SSSR count). The van der Waals surface area contributed by atoms with Crippen molar-refractivity contribution >= 4 is 0 Å². The summed E-state index contributed by atoms with van der Waals surface area (Å²) in [6, 6.07) is 12.4. The summed E-state index contributed by atoms with van der Waals surface area (Å²) in [4.78, 5) is 0. The van der Waals surface area contributed by atoms with E-state index in [2.05, 4.69) is 0 Å². The van der Waals surface area contributed by atoms with E-state index in [0.717, 1.165) is 11.1 Å². The summed E-state index contributed by atoms with van der Waals surface area (Å²) in [6.45, 7) is 1.74. The summed E-state index contributed by atoms with van der Waals surface area (Å²) in [5, 5.41) is 10.8. The molecule has 21 heavy (non-hydrogen) atoms. The van der Waals surface area contributed by atoms with E-state index in [0.29, 0.717) is 17.7 Å². The molecule has 3 N–H and O–H groups in total. The first-order valence-corrected chi connectivity index (χ1v) is 6.97. The second kappa shape index (κ2) is 5.13. The Hall–Kier alpha value is -1.91. The summed E-state index contributed by atoms with van der Waals surface area (Å²) in [5.41, 5.74) is 6.95. The minimum atomic E-state index is -1.16. The number of ether oxygens (including phenoxy) is 1. The molecule has 0 fully saturated rings. The fraction of sp³-hybridized carbons (Fsp3) is 0.294. The number of benzene rings is 2. The average Bonchev–Trinajstić information content (AvgIpc) is 2.77. The number of nitrogens with two attached hydrogens (primary N) is 1. The van der Waals surface area contributed by atoms with Crippen LogP contribution in [0.4, 0.5) is 4.39 Å². The van der Waals surface area contributed by atoms with Crippen molar-refractivity contribution in [1.29, 1.82) is 0 Å². The third-order valence-electron chi connectivity index (χ3n) is 4.14. The first-order chi connectivity index (χ1) is 10.0. The lowest BCUT2D eigenvalue weighted by atomic mass is 9.97. The smallest absolute Gasteiger partial charge is 0.154 e. The van der Waals surface area contributed by atoms with E-state index in [4.69, 9.17) is 10.5 Å². The highest BCUT2D eigenvalue weighted by molar-refractivity contribution is 5.41. The lowest BCUT2D eigenvalue weighted by molar-refractivity contribution is -0.0441. The molecular formula is C17H18FNO2. The van der Waals surface area contributed by atoms with Gasteiger partial charge in [-0.1, -0.05) is 30.3 Å². The maximum absolute atomic E-state index is 13.7. The van der Waals surface area contributed by atoms with Crippen LogP contribution in [-0.4, -0.2) is 17.3 Å². The monoisotopic (exact) mass is 287 g/mol. The highest BCUT2D eigenvalue weighted by Crippen LogP contribution is 2.42. The van der Waals surface area contributed by atoms with E-state index < -0.39 is 11.7 Å². The highest BCUT2D eigenvalue weighted by Gasteiger charge is 2.45. The summed E-state index contributed by atoms with van der Waals surface area (Å²) < 4.78 is 19.6. The number of hydrogen-bond donors (Lipinski definition) is 2. The van der Waals surface area contributed by atoms with Crippen LogP contribution in [0.5, 0.6) is 5.75 Å². The Kier molecular flexibility index (Phi) is 3.43. The molecular weight excluding hydrogens is 269 g/mol. The Labute approximate surface area is 123 Å². The van der Waals surface area contributed by atoms with Gasteiger partial charge in [-0.05, 0) is 30.2 Å². The molecule has 4 heteroatoms. The molecule has 3 nitrogen and oxygen atoms in total. The van der Waals surface area contributed by atoms with E-state index in [1.807, 2.05) is 24.3 Å². The van der Waals surface area contributed by atoms with Gasteiger partial charge < -0.3 is 15.6 Å². The van der Waals surface area contributed by atoms with Gasteiger partial charge in [-0.2, -0.15) is 0 Å². The molecule has 2 aromatic carbocycles. The summed E-state index contributed by atoms with van der Waals surface area (Å²) in [6.07, 6.45) is -0.141. The van der Waals surface area contributed by atoms with Crippen molar-refractivity contribution in [2.24, 2.45) is 5.73 Å². The molecule has 0 heterocycles. The molecule has 0 spiro atoms. The van der Waals surface area contributed by atoms with Crippen LogP contribution in [0, 0.1) is 12.7 Å². The Balaban J connectivity index is 2.01. The van der Waals surface area contributed by atoms with Crippen LogP contribution in [0.2, 0.25) is 0 Å². The predicted octanol–water partition coefficient (Wildman–Crippen LogP) is 2.50. The third kappa shape index (κ3) is 2.30. The van der Waals surface area contributed by atoms with E-state index in [1.165, 1.54) is 6.07 Å². The average molecular weight is 287 g/mol. The van der Waals surface area contributed by atoms with Gasteiger partial charge in [0.05, 0.1) is 0 Å². The van der Waals surface area contributed by atoms with Gasteiger partial charge in [0.1, 0.15) is 17.2 Å². The number of fused-ring (bicyclic) bond motifs is 1. The van der Waals surface area contributed by atoms with Crippen LogP contribution in [0.1, 0.15) is 22.8 Å². The van der Waals surface area contributed by atoms with Crippen molar-refractivity contribution in [3.05, 3.63) is 65.0 Å². The molecule has 0 aromatic heterocycles.